The number of hydrogen-bond acceptors (Lipinski definition) is 5. The summed E-state index contributed by atoms with van der Waals surface area (Å²) >= 11 is 3.49. The minimum atomic E-state index is -0.475. The van der Waals surface area contributed by atoms with Gasteiger partial charge >= 0.3 is 0 Å². The summed E-state index contributed by atoms with van der Waals surface area (Å²) in [5.74, 6) is -0.165. The number of amides is 1. The van der Waals surface area contributed by atoms with Crippen LogP contribution in [0.15, 0.2) is 53.0 Å². The molecule has 26 heavy (non-hydrogen) atoms. The number of hydrogen-bond donors (Lipinski definition) is 1. The molecule has 3 rings (SSSR count). The number of carbonyl (C=O) groups excluding carboxylic acids is 1. The van der Waals surface area contributed by atoms with Crippen molar-refractivity contribution < 1.29 is 9.72 Å². The molecule has 136 valence electrons. The highest BCUT2D eigenvalue weighted by atomic mass is 79.9. The van der Waals surface area contributed by atoms with E-state index >= 15 is 0 Å². The monoisotopic (exact) mass is 418 g/mol. The second-order valence-corrected chi connectivity index (χ2v) is 7.01. The topological polar surface area (TPSA) is 78.7 Å². The summed E-state index contributed by atoms with van der Waals surface area (Å²) in [5.41, 5.74) is 1.57. The van der Waals surface area contributed by atoms with Gasteiger partial charge in [0.15, 0.2) is 0 Å². The molecule has 1 fully saturated rings. The van der Waals surface area contributed by atoms with Crippen molar-refractivity contribution in [1.29, 1.82) is 0 Å². The Bertz CT molecular complexity index is 807. The average Bonchev–Trinajstić information content (AvgIpc) is 2.62. The smallest absolute Gasteiger partial charge is 0.271 e. The van der Waals surface area contributed by atoms with Crippen LogP contribution in [-0.2, 0) is 4.79 Å². The van der Waals surface area contributed by atoms with Gasteiger partial charge in [0.25, 0.3) is 5.69 Å². The molecule has 1 aliphatic heterocycles. The fraction of sp³-hybridized carbons (Fsp3) is 0.278. The molecule has 0 aliphatic carbocycles. The summed E-state index contributed by atoms with van der Waals surface area (Å²) in [4.78, 5) is 26.9. The number of benzene rings is 2. The first-order valence-electron chi connectivity index (χ1n) is 8.28. The third kappa shape index (κ3) is 4.80. The molecule has 1 aliphatic rings. The molecule has 2 aromatic rings. The standard InChI is InChI=1S/C18H19BrN4O3/c19-14-3-1-5-16(11-14)22-9-7-21(8-10-22)13-18(24)20-15-4-2-6-17(12-15)23(25)26/h1-6,11-12H,7-10,13H2,(H,20,24). The van der Waals surface area contributed by atoms with Crippen molar-refractivity contribution in [3.05, 3.63) is 63.1 Å². The molecule has 0 atom stereocenters. The third-order valence-corrected chi connectivity index (χ3v) is 4.75. The van der Waals surface area contributed by atoms with Gasteiger partial charge in [0.2, 0.25) is 5.91 Å². The number of carbonyl (C=O) groups is 1. The number of nitro groups is 1. The lowest BCUT2D eigenvalue weighted by Crippen LogP contribution is -2.48. The van der Waals surface area contributed by atoms with Crippen LogP contribution in [0, 0.1) is 10.1 Å². The van der Waals surface area contributed by atoms with Crippen LogP contribution in [0.25, 0.3) is 0 Å². The molecule has 1 amide bonds. The van der Waals surface area contributed by atoms with Gasteiger partial charge in [-0.15, -0.1) is 0 Å². The number of piperazine rings is 1. The van der Waals surface area contributed by atoms with Crippen LogP contribution in [0.2, 0.25) is 0 Å². The van der Waals surface area contributed by atoms with Gasteiger partial charge in [-0.1, -0.05) is 28.1 Å². The highest BCUT2D eigenvalue weighted by Gasteiger charge is 2.19. The molecule has 0 bridgehead atoms. The van der Waals surface area contributed by atoms with Gasteiger partial charge < -0.3 is 10.2 Å². The number of nitrogens with one attached hydrogen (secondary N) is 1. The van der Waals surface area contributed by atoms with E-state index in [1.54, 1.807) is 12.1 Å². The van der Waals surface area contributed by atoms with Crippen LogP contribution >= 0.6 is 15.9 Å². The summed E-state index contributed by atoms with van der Waals surface area (Å²) in [5, 5.41) is 13.5. The van der Waals surface area contributed by atoms with E-state index in [2.05, 4.69) is 43.2 Å². The van der Waals surface area contributed by atoms with E-state index in [0.717, 1.165) is 30.7 Å². The maximum absolute atomic E-state index is 12.2. The number of anilines is 2. The molecular formula is C18H19BrN4O3. The molecule has 2 aromatic carbocycles. The molecule has 1 heterocycles. The van der Waals surface area contributed by atoms with E-state index in [-0.39, 0.29) is 18.1 Å². The fourth-order valence-corrected chi connectivity index (χ4v) is 3.32. The molecule has 0 saturated carbocycles. The molecule has 8 heteroatoms. The Hall–Kier alpha value is -2.45. The van der Waals surface area contributed by atoms with Crippen LogP contribution < -0.4 is 10.2 Å². The van der Waals surface area contributed by atoms with E-state index < -0.39 is 4.92 Å². The summed E-state index contributed by atoms with van der Waals surface area (Å²) < 4.78 is 1.05. The third-order valence-electron chi connectivity index (χ3n) is 4.25. The first-order valence-corrected chi connectivity index (χ1v) is 9.08. The SMILES string of the molecule is O=C(CN1CCN(c2cccc(Br)c2)CC1)Nc1cccc([N+](=O)[O-])c1. The molecule has 7 nitrogen and oxygen atoms in total. The van der Waals surface area contributed by atoms with Crippen molar-refractivity contribution in [2.24, 2.45) is 0 Å². The van der Waals surface area contributed by atoms with Gasteiger partial charge in [-0.2, -0.15) is 0 Å². The van der Waals surface area contributed by atoms with Gasteiger partial charge in [0, 0.05) is 54.2 Å². The average molecular weight is 419 g/mol. The highest BCUT2D eigenvalue weighted by molar-refractivity contribution is 9.10. The van der Waals surface area contributed by atoms with E-state index in [0.29, 0.717) is 5.69 Å². The normalized spacial score (nSPS) is 14.9. The summed E-state index contributed by atoms with van der Waals surface area (Å²) in [6.07, 6.45) is 0. The first kappa shape index (κ1) is 18.3. The second-order valence-electron chi connectivity index (χ2n) is 6.10. The number of nitrogens with zero attached hydrogens (tertiary/aromatic N) is 3. The second kappa shape index (κ2) is 8.29. The zero-order valence-corrected chi connectivity index (χ0v) is 15.7. The number of halogens is 1. The van der Waals surface area contributed by atoms with Gasteiger partial charge in [-0.3, -0.25) is 19.8 Å². The van der Waals surface area contributed by atoms with Crippen molar-refractivity contribution in [3.63, 3.8) is 0 Å². The van der Waals surface area contributed by atoms with Crippen molar-refractivity contribution in [3.8, 4) is 0 Å². The predicted octanol–water partition coefficient (Wildman–Crippen LogP) is 3.12. The Morgan fingerprint density at radius 3 is 2.54 bits per heavy atom. The van der Waals surface area contributed by atoms with E-state index in [1.165, 1.54) is 17.8 Å². The lowest BCUT2D eigenvalue weighted by atomic mass is 10.2. The van der Waals surface area contributed by atoms with Crippen LogP contribution in [0.4, 0.5) is 17.1 Å². The Morgan fingerprint density at radius 1 is 1.12 bits per heavy atom. The van der Waals surface area contributed by atoms with Crippen molar-refractivity contribution in [2.75, 3.05) is 42.9 Å². The summed E-state index contributed by atoms with van der Waals surface area (Å²) in [6, 6.07) is 14.1. The van der Waals surface area contributed by atoms with Gasteiger partial charge in [0.05, 0.1) is 11.5 Å². The minimum absolute atomic E-state index is 0.0366. The number of non-ortho nitro benzene ring substituents is 1. The highest BCUT2D eigenvalue weighted by Crippen LogP contribution is 2.21. The molecule has 0 spiro atoms. The molecule has 1 saturated heterocycles. The Balaban J connectivity index is 1.50. The first-order chi connectivity index (χ1) is 12.5. The Labute approximate surface area is 159 Å². The van der Waals surface area contributed by atoms with Crippen LogP contribution in [0.3, 0.4) is 0 Å². The van der Waals surface area contributed by atoms with Crippen molar-refractivity contribution in [2.45, 2.75) is 0 Å². The Kier molecular flexibility index (Phi) is 5.85. The number of rotatable bonds is 5. The lowest BCUT2D eigenvalue weighted by molar-refractivity contribution is -0.384. The van der Waals surface area contributed by atoms with Gasteiger partial charge in [-0.25, -0.2) is 0 Å². The zero-order chi connectivity index (χ0) is 18.5. The molecule has 0 unspecified atom stereocenters. The van der Waals surface area contributed by atoms with Crippen LogP contribution in [-0.4, -0.2) is 48.5 Å². The van der Waals surface area contributed by atoms with Crippen molar-refractivity contribution >= 4 is 38.9 Å². The van der Waals surface area contributed by atoms with Gasteiger partial charge in [0.1, 0.15) is 0 Å². The van der Waals surface area contributed by atoms with Gasteiger partial charge in [-0.05, 0) is 24.3 Å². The quantitative estimate of drug-likeness (QED) is 0.595. The maximum atomic E-state index is 12.2. The van der Waals surface area contributed by atoms with E-state index in [9.17, 15) is 14.9 Å². The molecule has 0 aromatic heterocycles. The van der Waals surface area contributed by atoms with E-state index in [4.69, 9.17) is 0 Å². The summed E-state index contributed by atoms with van der Waals surface area (Å²) in [6.45, 7) is 3.54. The largest absolute Gasteiger partial charge is 0.369 e. The zero-order valence-electron chi connectivity index (χ0n) is 14.1. The number of nitro benzene ring substituents is 1. The van der Waals surface area contributed by atoms with Crippen LogP contribution in [0.5, 0.6) is 0 Å². The Morgan fingerprint density at radius 2 is 1.85 bits per heavy atom. The molecular weight excluding hydrogens is 400 g/mol. The lowest BCUT2D eigenvalue weighted by Gasteiger charge is -2.35. The maximum Gasteiger partial charge on any atom is 0.271 e. The summed E-state index contributed by atoms with van der Waals surface area (Å²) in [7, 11) is 0. The van der Waals surface area contributed by atoms with E-state index in [1.807, 2.05) is 12.1 Å². The predicted molar refractivity (Wildman–Crippen MR) is 105 cm³/mol. The fourth-order valence-electron chi connectivity index (χ4n) is 2.94. The molecule has 0 radical (unpaired) electrons. The molecule has 1 N–H and O–H groups in total. The van der Waals surface area contributed by atoms with Crippen molar-refractivity contribution in [1.82, 2.24) is 4.90 Å². The van der Waals surface area contributed by atoms with Crippen LogP contribution in [0.1, 0.15) is 0 Å². The minimum Gasteiger partial charge on any atom is -0.369 e.